The second-order valence-corrected chi connectivity index (χ2v) is 5.01. The number of nitrogens with one attached hydrogen (secondary N) is 3. The maximum absolute atomic E-state index is 12.4. The Kier molecular flexibility index (Phi) is 4.39. The first-order valence-electron chi connectivity index (χ1n) is 6.56. The molecule has 0 atom stereocenters. The first kappa shape index (κ1) is 15.9. The van der Waals surface area contributed by atoms with Crippen molar-refractivity contribution in [3.63, 3.8) is 0 Å². The van der Waals surface area contributed by atoms with Crippen LogP contribution >= 0.6 is 0 Å². The third kappa shape index (κ3) is 3.78. The molecule has 0 unspecified atom stereocenters. The maximum Gasteiger partial charge on any atom is 0.416 e. The topological polar surface area (TPSA) is 69.8 Å². The van der Waals surface area contributed by atoms with Gasteiger partial charge >= 0.3 is 12.2 Å². The van der Waals surface area contributed by atoms with E-state index in [1.165, 1.54) is 18.3 Å². The highest BCUT2D eigenvalue weighted by Crippen LogP contribution is 2.29. The first-order valence-corrected chi connectivity index (χ1v) is 6.56. The molecule has 0 aliphatic rings. The molecule has 22 heavy (non-hydrogen) atoms. The normalized spacial score (nSPS) is 11.5. The summed E-state index contributed by atoms with van der Waals surface area (Å²) in [6.07, 6.45) is -2.93. The summed E-state index contributed by atoms with van der Waals surface area (Å²) in [5.41, 5.74) is 0.789. The van der Waals surface area contributed by atoms with E-state index < -0.39 is 17.8 Å². The lowest BCUT2D eigenvalue weighted by molar-refractivity contribution is -0.137. The van der Waals surface area contributed by atoms with Crippen molar-refractivity contribution in [2.24, 2.45) is 0 Å². The fourth-order valence-electron chi connectivity index (χ4n) is 1.86. The number of aromatic nitrogens is 2. The van der Waals surface area contributed by atoms with Gasteiger partial charge in [-0.25, -0.2) is 4.79 Å². The number of anilines is 2. The van der Waals surface area contributed by atoms with Gasteiger partial charge in [-0.3, -0.25) is 5.10 Å². The zero-order valence-corrected chi connectivity index (χ0v) is 12.0. The molecular weight excluding hydrogens is 297 g/mol. The molecule has 8 heteroatoms. The summed E-state index contributed by atoms with van der Waals surface area (Å²) in [5, 5.41) is 11.7. The van der Waals surface area contributed by atoms with Gasteiger partial charge in [0.2, 0.25) is 0 Å². The van der Waals surface area contributed by atoms with Gasteiger partial charge in [-0.2, -0.15) is 18.3 Å². The van der Waals surface area contributed by atoms with E-state index >= 15 is 0 Å². The SMILES string of the molecule is CC(C)c1[nH]ncc1NC(=O)Nc1ccc(C(F)(F)F)cc1. The number of alkyl halides is 3. The molecule has 118 valence electrons. The van der Waals surface area contributed by atoms with Crippen LogP contribution < -0.4 is 10.6 Å². The van der Waals surface area contributed by atoms with E-state index in [1.54, 1.807) is 0 Å². The van der Waals surface area contributed by atoms with Crippen LogP contribution in [0.25, 0.3) is 0 Å². The van der Waals surface area contributed by atoms with Gasteiger partial charge < -0.3 is 10.6 Å². The standard InChI is InChI=1S/C14H15F3N4O/c1-8(2)12-11(7-18-21-12)20-13(22)19-10-5-3-9(4-6-10)14(15,16)17/h3-8H,1-2H3,(H,18,21)(H2,19,20,22). The van der Waals surface area contributed by atoms with E-state index in [1.807, 2.05) is 13.8 Å². The molecule has 1 aromatic heterocycles. The molecule has 2 amide bonds. The molecule has 0 aliphatic carbocycles. The minimum absolute atomic E-state index is 0.142. The number of carbonyl (C=O) groups excluding carboxylic acids is 1. The number of halogens is 3. The predicted octanol–water partition coefficient (Wildman–Crippen LogP) is 4.20. The molecule has 1 heterocycles. The Morgan fingerprint density at radius 3 is 2.36 bits per heavy atom. The first-order chi connectivity index (χ1) is 10.3. The molecule has 0 fully saturated rings. The van der Waals surface area contributed by atoms with Gasteiger partial charge in [0.05, 0.1) is 23.1 Å². The Morgan fingerprint density at radius 2 is 1.82 bits per heavy atom. The number of aromatic amines is 1. The molecule has 0 aliphatic heterocycles. The van der Waals surface area contributed by atoms with Crippen molar-refractivity contribution in [1.82, 2.24) is 10.2 Å². The van der Waals surface area contributed by atoms with Gasteiger partial charge in [0.15, 0.2) is 0 Å². The maximum atomic E-state index is 12.4. The smallest absolute Gasteiger partial charge is 0.308 e. The lowest BCUT2D eigenvalue weighted by Crippen LogP contribution is -2.20. The summed E-state index contributed by atoms with van der Waals surface area (Å²) >= 11 is 0. The predicted molar refractivity (Wildman–Crippen MR) is 76.8 cm³/mol. The average Bonchev–Trinajstić information content (AvgIpc) is 2.86. The van der Waals surface area contributed by atoms with E-state index in [4.69, 9.17) is 0 Å². The molecular formula is C14H15F3N4O. The van der Waals surface area contributed by atoms with Crippen molar-refractivity contribution < 1.29 is 18.0 Å². The number of rotatable bonds is 3. The van der Waals surface area contributed by atoms with Crippen LogP contribution in [-0.4, -0.2) is 16.2 Å². The van der Waals surface area contributed by atoms with Gasteiger partial charge in [-0.15, -0.1) is 0 Å². The van der Waals surface area contributed by atoms with Crippen molar-refractivity contribution in [1.29, 1.82) is 0 Å². The number of amides is 2. The third-order valence-corrected chi connectivity index (χ3v) is 2.96. The van der Waals surface area contributed by atoms with Crippen molar-refractivity contribution in [3.8, 4) is 0 Å². The third-order valence-electron chi connectivity index (χ3n) is 2.96. The number of carbonyl (C=O) groups is 1. The molecule has 0 saturated carbocycles. The van der Waals surface area contributed by atoms with E-state index in [9.17, 15) is 18.0 Å². The van der Waals surface area contributed by atoms with E-state index in [0.29, 0.717) is 5.69 Å². The molecule has 2 aromatic rings. The van der Waals surface area contributed by atoms with Crippen LogP contribution in [0.2, 0.25) is 0 Å². The molecule has 1 aromatic carbocycles. The lowest BCUT2D eigenvalue weighted by Gasteiger charge is -2.10. The summed E-state index contributed by atoms with van der Waals surface area (Å²) in [6.45, 7) is 3.87. The van der Waals surface area contributed by atoms with Crippen molar-refractivity contribution >= 4 is 17.4 Å². The monoisotopic (exact) mass is 312 g/mol. The highest BCUT2D eigenvalue weighted by Gasteiger charge is 2.29. The van der Waals surface area contributed by atoms with E-state index in [0.717, 1.165) is 17.8 Å². The van der Waals surface area contributed by atoms with Gasteiger partial charge in [0.25, 0.3) is 0 Å². The van der Waals surface area contributed by atoms with Crippen LogP contribution in [0.5, 0.6) is 0 Å². The Bertz CT molecular complexity index is 647. The minimum Gasteiger partial charge on any atom is -0.308 e. The highest BCUT2D eigenvalue weighted by atomic mass is 19.4. The zero-order chi connectivity index (χ0) is 16.3. The summed E-state index contributed by atoms with van der Waals surface area (Å²) in [7, 11) is 0. The van der Waals surface area contributed by atoms with Gasteiger partial charge in [-0.05, 0) is 30.2 Å². The number of hydrogen-bond acceptors (Lipinski definition) is 2. The van der Waals surface area contributed by atoms with Gasteiger partial charge in [0.1, 0.15) is 0 Å². The number of nitrogens with zero attached hydrogens (tertiary/aromatic N) is 1. The van der Waals surface area contributed by atoms with Crippen molar-refractivity contribution in [3.05, 3.63) is 41.7 Å². The summed E-state index contributed by atoms with van der Waals surface area (Å²) in [6, 6.07) is 3.66. The van der Waals surface area contributed by atoms with Crippen molar-refractivity contribution in [2.75, 3.05) is 10.6 Å². The van der Waals surface area contributed by atoms with E-state index in [-0.39, 0.29) is 11.6 Å². The fourth-order valence-corrected chi connectivity index (χ4v) is 1.86. The minimum atomic E-state index is -4.40. The van der Waals surface area contributed by atoms with Gasteiger partial charge in [0, 0.05) is 5.69 Å². The Labute approximate surface area is 124 Å². The summed E-state index contributed by atoms with van der Waals surface area (Å²) in [5.74, 6) is 0.142. The van der Waals surface area contributed by atoms with Crippen LogP contribution in [0.4, 0.5) is 29.3 Å². The zero-order valence-electron chi connectivity index (χ0n) is 12.0. The molecule has 5 nitrogen and oxygen atoms in total. The Balaban J connectivity index is 2.02. The average molecular weight is 312 g/mol. The lowest BCUT2D eigenvalue weighted by atomic mass is 10.1. The van der Waals surface area contributed by atoms with Crippen LogP contribution in [0.3, 0.4) is 0 Å². The summed E-state index contributed by atoms with van der Waals surface area (Å²) in [4.78, 5) is 11.9. The quantitative estimate of drug-likeness (QED) is 0.795. The van der Waals surface area contributed by atoms with Crippen LogP contribution in [-0.2, 0) is 6.18 Å². The Hall–Kier alpha value is -2.51. The highest BCUT2D eigenvalue weighted by molar-refractivity contribution is 6.00. The Morgan fingerprint density at radius 1 is 1.18 bits per heavy atom. The fraction of sp³-hybridized carbons (Fsp3) is 0.286. The molecule has 0 spiro atoms. The molecule has 0 radical (unpaired) electrons. The van der Waals surface area contributed by atoms with Crippen LogP contribution in [0.1, 0.15) is 31.0 Å². The van der Waals surface area contributed by atoms with Gasteiger partial charge in [-0.1, -0.05) is 13.8 Å². The van der Waals surface area contributed by atoms with Crippen LogP contribution in [0.15, 0.2) is 30.5 Å². The second-order valence-electron chi connectivity index (χ2n) is 5.01. The largest absolute Gasteiger partial charge is 0.416 e. The van der Waals surface area contributed by atoms with E-state index in [2.05, 4.69) is 20.8 Å². The number of urea groups is 1. The molecule has 0 bridgehead atoms. The molecule has 2 rings (SSSR count). The number of H-pyrrole nitrogens is 1. The van der Waals surface area contributed by atoms with Crippen LogP contribution in [0, 0.1) is 0 Å². The molecule has 3 N–H and O–H groups in total. The summed E-state index contributed by atoms with van der Waals surface area (Å²) < 4.78 is 37.3. The number of hydrogen-bond donors (Lipinski definition) is 3. The molecule has 0 saturated heterocycles. The number of benzene rings is 1. The van der Waals surface area contributed by atoms with Crippen molar-refractivity contribution in [2.45, 2.75) is 25.9 Å². The second kappa shape index (κ2) is 6.08.